The maximum Gasteiger partial charge on any atom is 0.355 e. The number of carbonyl (C=O) groups is 1. The number of ether oxygens (including phenoxy) is 2. The molecule has 0 bridgehead atoms. The van der Waals surface area contributed by atoms with Crippen LogP contribution in [0.2, 0.25) is 0 Å². The molecule has 0 saturated heterocycles. The molecule has 0 amide bonds. The lowest BCUT2D eigenvalue weighted by Crippen LogP contribution is -2.13. The average molecular weight is 388 g/mol. The van der Waals surface area contributed by atoms with Crippen LogP contribution in [0, 0.1) is 0 Å². The fourth-order valence-electron chi connectivity index (χ4n) is 2.22. The minimum Gasteiger partial charge on any atom is -0.461 e. The van der Waals surface area contributed by atoms with Crippen LogP contribution in [-0.4, -0.2) is 24.3 Å². The van der Waals surface area contributed by atoms with Crippen LogP contribution in [-0.2, 0) is 20.6 Å². The number of carbonyl (C=O) groups excluding carboxylic acids is 1. The Bertz CT molecular complexity index is 637. The first-order valence-corrected chi connectivity index (χ1v) is 7.79. The topological polar surface area (TPSA) is 66.5 Å². The highest BCUT2D eigenvalue weighted by atomic mass is 127. The number of benzene rings is 1. The number of nitrogens with two attached hydrogens (primary N) is 1. The summed E-state index contributed by atoms with van der Waals surface area (Å²) in [5.74, 6) is -0.362. The number of anilines is 1. The van der Waals surface area contributed by atoms with Crippen LogP contribution in [0.15, 0.2) is 18.2 Å². The van der Waals surface area contributed by atoms with E-state index in [0.717, 1.165) is 20.9 Å². The zero-order valence-corrected chi connectivity index (χ0v) is 13.6. The van der Waals surface area contributed by atoms with Gasteiger partial charge in [0.25, 0.3) is 0 Å². The van der Waals surface area contributed by atoms with Crippen LogP contribution in [0.1, 0.15) is 23.0 Å². The van der Waals surface area contributed by atoms with E-state index in [2.05, 4.69) is 22.6 Å². The smallest absolute Gasteiger partial charge is 0.355 e. The monoisotopic (exact) mass is 388 g/mol. The van der Waals surface area contributed by atoms with Gasteiger partial charge < -0.3 is 19.8 Å². The standard InChI is InChI=1S/C14H17IN2O3/c1-3-20-14(18)12-6-10-9(7-15)4-5-11(16)13(10)17(12)8-19-2/h4-6H,3,7-8,16H2,1-2H3. The van der Waals surface area contributed by atoms with Crippen LogP contribution >= 0.6 is 22.6 Å². The molecule has 0 aliphatic rings. The first-order chi connectivity index (χ1) is 9.63. The van der Waals surface area contributed by atoms with Crippen molar-refractivity contribution in [3.63, 3.8) is 0 Å². The van der Waals surface area contributed by atoms with Crippen molar-refractivity contribution in [2.24, 2.45) is 0 Å². The highest BCUT2D eigenvalue weighted by Crippen LogP contribution is 2.30. The van der Waals surface area contributed by atoms with E-state index in [0.29, 0.717) is 18.0 Å². The molecule has 0 atom stereocenters. The van der Waals surface area contributed by atoms with Crippen LogP contribution in [0.5, 0.6) is 0 Å². The summed E-state index contributed by atoms with van der Waals surface area (Å²) in [6.07, 6.45) is 0. The third-order valence-corrected chi connectivity index (χ3v) is 3.89. The van der Waals surface area contributed by atoms with E-state index < -0.39 is 0 Å². The van der Waals surface area contributed by atoms with Gasteiger partial charge in [-0.05, 0) is 24.6 Å². The molecule has 0 fully saturated rings. The number of rotatable bonds is 5. The zero-order valence-electron chi connectivity index (χ0n) is 11.5. The molecule has 6 heteroatoms. The second-order valence-corrected chi connectivity index (χ2v) is 5.07. The van der Waals surface area contributed by atoms with Crippen molar-refractivity contribution in [3.05, 3.63) is 29.5 Å². The largest absolute Gasteiger partial charge is 0.461 e. The number of halogens is 1. The second kappa shape index (κ2) is 6.45. The SMILES string of the molecule is CCOC(=O)c1cc2c(CI)ccc(N)c2n1COC. The molecule has 0 radical (unpaired) electrons. The predicted octanol–water partition coefficient (Wildman–Crippen LogP) is 2.94. The van der Waals surface area contributed by atoms with Crippen LogP contribution in [0.3, 0.4) is 0 Å². The lowest BCUT2D eigenvalue weighted by Gasteiger charge is -2.10. The first-order valence-electron chi connectivity index (χ1n) is 6.26. The average Bonchev–Trinajstić information content (AvgIpc) is 2.81. The van der Waals surface area contributed by atoms with Crippen molar-refractivity contribution in [3.8, 4) is 0 Å². The molecular weight excluding hydrogens is 371 g/mol. The highest BCUT2D eigenvalue weighted by Gasteiger charge is 2.19. The molecule has 1 heterocycles. The number of nitrogen functional groups attached to an aromatic ring is 1. The molecule has 1 aromatic heterocycles. The number of fused-ring (bicyclic) bond motifs is 1. The molecular formula is C14H17IN2O3. The fourth-order valence-corrected chi connectivity index (χ4v) is 2.88. The molecule has 20 heavy (non-hydrogen) atoms. The van der Waals surface area contributed by atoms with Gasteiger partial charge in [-0.25, -0.2) is 4.79 Å². The lowest BCUT2D eigenvalue weighted by atomic mass is 10.1. The molecule has 2 N–H and O–H groups in total. The summed E-state index contributed by atoms with van der Waals surface area (Å²) in [7, 11) is 1.58. The minimum absolute atomic E-state index is 0.256. The van der Waals surface area contributed by atoms with Gasteiger partial charge in [0.2, 0.25) is 0 Å². The molecule has 2 aromatic rings. The van der Waals surface area contributed by atoms with Crippen LogP contribution in [0.25, 0.3) is 10.9 Å². The number of alkyl halides is 1. The Balaban J connectivity index is 2.71. The van der Waals surface area contributed by atoms with E-state index in [1.165, 1.54) is 0 Å². The molecule has 2 rings (SSSR count). The summed E-state index contributed by atoms with van der Waals surface area (Å²) in [6.45, 7) is 2.38. The van der Waals surface area contributed by atoms with Gasteiger partial charge >= 0.3 is 5.97 Å². The van der Waals surface area contributed by atoms with Crippen LogP contribution in [0.4, 0.5) is 5.69 Å². The van der Waals surface area contributed by atoms with E-state index in [1.807, 2.05) is 18.2 Å². The Morgan fingerprint density at radius 1 is 1.45 bits per heavy atom. The van der Waals surface area contributed by atoms with Gasteiger partial charge in [-0.15, -0.1) is 0 Å². The summed E-state index contributed by atoms with van der Waals surface area (Å²) in [5, 5.41) is 0.972. The number of aromatic nitrogens is 1. The number of nitrogens with zero attached hydrogens (tertiary/aromatic N) is 1. The molecule has 0 spiro atoms. The summed E-state index contributed by atoms with van der Waals surface area (Å²) >= 11 is 2.29. The lowest BCUT2D eigenvalue weighted by molar-refractivity contribution is 0.0496. The van der Waals surface area contributed by atoms with E-state index in [4.69, 9.17) is 15.2 Å². The number of methoxy groups -OCH3 is 1. The van der Waals surface area contributed by atoms with Crippen molar-refractivity contribution in [1.82, 2.24) is 4.57 Å². The third-order valence-electron chi connectivity index (χ3n) is 3.07. The molecule has 0 saturated carbocycles. The maximum absolute atomic E-state index is 12.1. The Hall–Kier alpha value is -1.28. The normalized spacial score (nSPS) is 10.9. The predicted molar refractivity (Wildman–Crippen MR) is 87.0 cm³/mol. The van der Waals surface area contributed by atoms with Crippen molar-refractivity contribution in [2.75, 3.05) is 19.5 Å². The molecule has 5 nitrogen and oxygen atoms in total. The summed E-state index contributed by atoms with van der Waals surface area (Å²) in [5.41, 5.74) is 9.12. The van der Waals surface area contributed by atoms with E-state index in [1.54, 1.807) is 18.6 Å². The van der Waals surface area contributed by atoms with Gasteiger partial charge in [0.1, 0.15) is 12.4 Å². The second-order valence-electron chi connectivity index (χ2n) is 4.31. The molecule has 0 aliphatic carbocycles. The zero-order chi connectivity index (χ0) is 14.7. The Kier molecular flexibility index (Phi) is 4.87. The van der Waals surface area contributed by atoms with Gasteiger partial charge in [0, 0.05) is 16.9 Å². The first kappa shape index (κ1) is 15.1. The maximum atomic E-state index is 12.1. The third kappa shape index (κ3) is 2.62. The van der Waals surface area contributed by atoms with E-state index in [9.17, 15) is 4.79 Å². The van der Waals surface area contributed by atoms with Gasteiger partial charge in [-0.1, -0.05) is 28.7 Å². The van der Waals surface area contributed by atoms with Crippen molar-refractivity contribution in [1.29, 1.82) is 0 Å². The molecule has 0 aliphatic heterocycles. The van der Waals surface area contributed by atoms with Gasteiger partial charge in [-0.3, -0.25) is 0 Å². The fraction of sp³-hybridized carbons (Fsp3) is 0.357. The Labute approximate surface area is 131 Å². The summed E-state index contributed by atoms with van der Waals surface area (Å²) < 4.78 is 12.9. The number of esters is 1. The number of hydrogen-bond donors (Lipinski definition) is 1. The molecule has 108 valence electrons. The highest BCUT2D eigenvalue weighted by molar-refractivity contribution is 14.1. The van der Waals surface area contributed by atoms with E-state index >= 15 is 0 Å². The van der Waals surface area contributed by atoms with Gasteiger partial charge in [0.05, 0.1) is 17.8 Å². The van der Waals surface area contributed by atoms with E-state index in [-0.39, 0.29) is 12.7 Å². The van der Waals surface area contributed by atoms with Gasteiger partial charge in [0.15, 0.2) is 0 Å². The number of hydrogen-bond acceptors (Lipinski definition) is 4. The van der Waals surface area contributed by atoms with Crippen molar-refractivity contribution < 1.29 is 14.3 Å². The quantitative estimate of drug-likeness (QED) is 0.370. The summed E-state index contributed by atoms with van der Waals surface area (Å²) in [4.78, 5) is 12.1. The molecule has 0 unspecified atom stereocenters. The van der Waals surface area contributed by atoms with Crippen LogP contribution < -0.4 is 5.73 Å². The summed E-state index contributed by atoms with van der Waals surface area (Å²) in [6, 6.07) is 5.67. The van der Waals surface area contributed by atoms with Crippen molar-refractivity contribution >= 4 is 45.2 Å². The molecule has 1 aromatic carbocycles. The van der Waals surface area contributed by atoms with Crippen molar-refractivity contribution in [2.45, 2.75) is 18.1 Å². The Morgan fingerprint density at radius 3 is 2.80 bits per heavy atom. The minimum atomic E-state index is -0.362. The van der Waals surface area contributed by atoms with Gasteiger partial charge in [-0.2, -0.15) is 0 Å². The Morgan fingerprint density at radius 2 is 2.20 bits per heavy atom.